The Morgan fingerprint density at radius 2 is 1.88 bits per heavy atom. The summed E-state index contributed by atoms with van der Waals surface area (Å²) in [5.41, 5.74) is 9.12. The Balaban J connectivity index is 2.08. The molecule has 1 aromatic heterocycles. The maximum Gasteiger partial charge on any atom is 0.0953 e. The fraction of sp³-hybridized carbons (Fsp3) is 0.308. The maximum atomic E-state index is 5.52. The standard InChI is InChI=1S/C13H17N3/c1-2-11-3-5-12(6-4-11)8-16-9-13(7-14)15-10-16/h3-6,9-10H,2,7-8,14H2,1H3. The molecule has 0 unspecified atom stereocenters. The lowest BCUT2D eigenvalue weighted by Gasteiger charge is -2.03. The first kappa shape index (κ1) is 10.9. The Kier molecular flexibility index (Phi) is 3.37. The third-order valence-corrected chi connectivity index (χ3v) is 2.69. The zero-order valence-corrected chi connectivity index (χ0v) is 9.56. The number of benzene rings is 1. The van der Waals surface area contributed by atoms with Crippen molar-refractivity contribution in [1.82, 2.24) is 9.55 Å². The van der Waals surface area contributed by atoms with Gasteiger partial charge in [-0.25, -0.2) is 4.98 Å². The van der Waals surface area contributed by atoms with Crippen molar-refractivity contribution < 1.29 is 0 Å². The predicted molar refractivity (Wildman–Crippen MR) is 65.0 cm³/mol. The minimum Gasteiger partial charge on any atom is -0.333 e. The summed E-state index contributed by atoms with van der Waals surface area (Å²) in [5.74, 6) is 0. The van der Waals surface area contributed by atoms with Crippen LogP contribution in [-0.4, -0.2) is 9.55 Å². The first-order valence-corrected chi connectivity index (χ1v) is 5.60. The molecule has 0 saturated carbocycles. The summed E-state index contributed by atoms with van der Waals surface area (Å²) in [4.78, 5) is 4.20. The van der Waals surface area contributed by atoms with Gasteiger partial charge in [-0.2, -0.15) is 0 Å². The van der Waals surface area contributed by atoms with Crippen LogP contribution in [0.3, 0.4) is 0 Å². The van der Waals surface area contributed by atoms with Crippen molar-refractivity contribution in [2.45, 2.75) is 26.4 Å². The van der Waals surface area contributed by atoms with E-state index in [4.69, 9.17) is 5.73 Å². The van der Waals surface area contributed by atoms with Gasteiger partial charge in [0.15, 0.2) is 0 Å². The van der Waals surface area contributed by atoms with Crippen molar-refractivity contribution in [2.75, 3.05) is 0 Å². The number of nitrogens with two attached hydrogens (primary N) is 1. The van der Waals surface area contributed by atoms with E-state index in [-0.39, 0.29) is 0 Å². The fourth-order valence-electron chi connectivity index (χ4n) is 1.69. The second-order valence-corrected chi connectivity index (χ2v) is 3.91. The zero-order valence-electron chi connectivity index (χ0n) is 9.56. The SMILES string of the molecule is CCc1ccc(Cn2cnc(CN)c2)cc1. The fourth-order valence-corrected chi connectivity index (χ4v) is 1.69. The van der Waals surface area contributed by atoms with Gasteiger partial charge >= 0.3 is 0 Å². The van der Waals surface area contributed by atoms with Gasteiger partial charge in [0.05, 0.1) is 12.0 Å². The van der Waals surface area contributed by atoms with Crippen molar-refractivity contribution in [3.63, 3.8) is 0 Å². The van der Waals surface area contributed by atoms with Gasteiger partial charge in [-0.05, 0) is 17.5 Å². The summed E-state index contributed by atoms with van der Waals surface area (Å²) in [7, 11) is 0. The number of hydrogen-bond acceptors (Lipinski definition) is 2. The Bertz CT molecular complexity index is 442. The van der Waals surface area contributed by atoms with Crippen molar-refractivity contribution >= 4 is 0 Å². The molecule has 0 bridgehead atoms. The molecule has 84 valence electrons. The van der Waals surface area contributed by atoms with E-state index in [0.29, 0.717) is 6.54 Å². The average molecular weight is 215 g/mol. The molecule has 1 aromatic carbocycles. The van der Waals surface area contributed by atoms with Crippen molar-refractivity contribution in [1.29, 1.82) is 0 Å². The van der Waals surface area contributed by atoms with Crippen LogP contribution in [0, 0.1) is 0 Å². The van der Waals surface area contributed by atoms with Gasteiger partial charge < -0.3 is 10.3 Å². The van der Waals surface area contributed by atoms with Crippen LogP contribution >= 0.6 is 0 Å². The monoisotopic (exact) mass is 215 g/mol. The van der Waals surface area contributed by atoms with E-state index in [1.54, 1.807) is 0 Å². The quantitative estimate of drug-likeness (QED) is 0.847. The molecule has 3 nitrogen and oxygen atoms in total. The number of aromatic nitrogens is 2. The molecule has 0 aliphatic heterocycles. The molecule has 0 saturated heterocycles. The number of nitrogens with zero attached hydrogens (tertiary/aromatic N) is 2. The van der Waals surface area contributed by atoms with Crippen LogP contribution in [0.5, 0.6) is 0 Å². The van der Waals surface area contributed by atoms with Crippen LogP contribution in [-0.2, 0) is 19.5 Å². The molecular formula is C13H17N3. The van der Waals surface area contributed by atoms with Gasteiger partial charge in [-0.15, -0.1) is 0 Å². The highest BCUT2D eigenvalue weighted by Gasteiger charge is 1.98. The molecule has 0 aliphatic rings. The molecule has 2 aromatic rings. The van der Waals surface area contributed by atoms with Gasteiger partial charge in [0.1, 0.15) is 0 Å². The number of rotatable bonds is 4. The highest BCUT2D eigenvalue weighted by molar-refractivity contribution is 5.22. The van der Waals surface area contributed by atoms with Gasteiger partial charge in [0.25, 0.3) is 0 Å². The van der Waals surface area contributed by atoms with E-state index in [2.05, 4.69) is 40.7 Å². The van der Waals surface area contributed by atoms with Gasteiger partial charge in [-0.3, -0.25) is 0 Å². The second kappa shape index (κ2) is 4.94. The van der Waals surface area contributed by atoms with E-state index in [1.165, 1.54) is 11.1 Å². The van der Waals surface area contributed by atoms with Crippen LogP contribution in [0.1, 0.15) is 23.7 Å². The topological polar surface area (TPSA) is 43.8 Å². The summed E-state index contributed by atoms with van der Waals surface area (Å²) < 4.78 is 2.06. The van der Waals surface area contributed by atoms with E-state index < -0.39 is 0 Å². The smallest absolute Gasteiger partial charge is 0.0953 e. The minimum atomic E-state index is 0.502. The first-order valence-electron chi connectivity index (χ1n) is 5.60. The highest BCUT2D eigenvalue weighted by Crippen LogP contribution is 2.07. The Hall–Kier alpha value is -1.61. The first-order chi connectivity index (χ1) is 7.81. The Morgan fingerprint density at radius 3 is 2.44 bits per heavy atom. The number of hydrogen-bond donors (Lipinski definition) is 1. The summed E-state index contributed by atoms with van der Waals surface area (Å²) in [6.07, 6.45) is 4.91. The minimum absolute atomic E-state index is 0.502. The Labute approximate surface area is 95.9 Å². The highest BCUT2D eigenvalue weighted by atomic mass is 15.0. The number of imidazole rings is 1. The molecule has 2 N–H and O–H groups in total. The summed E-state index contributed by atoms with van der Waals surface area (Å²) in [6.45, 7) is 3.52. The van der Waals surface area contributed by atoms with Crippen molar-refractivity contribution in [3.8, 4) is 0 Å². The Morgan fingerprint density at radius 1 is 1.19 bits per heavy atom. The van der Waals surface area contributed by atoms with E-state index in [1.807, 2.05) is 12.5 Å². The van der Waals surface area contributed by atoms with Crippen LogP contribution in [0.15, 0.2) is 36.8 Å². The molecule has 0 spiro atoms. The molecule has 0 fully saturated rings. The molecule has 3 heteroatoms. The zero-order chi connectivity index (χ0) is 11.4. The molecule has 0 radical (unpaired) electrons. The van der Waals surface area contributed by atoms with Crippen LogP contribution in [0.25, 0.3) is 0 Å². The summed E-state index contributed by atoms with van der Waals surface area (Å²) >= 11 is 0. The van der Waals surface area contributed by atoms with Crippen molar-refractivity contribution in [2.24, 2.45) is 5.73 Å². The molecule has 16 heavy (non-hydrogen) atoms. The van der Waals surface area contributed by atoms with Gasteiger partial charge in [0.2, 0.25) is 0 Å². The van der Waals surface area contributed by atoms with E-state index in [9.17, 15) is 0 Å². The van der Waals surface area contributed by atoms with Crippen LogP contribution in [0.4, 0.5) is 0 Å². The third-order valence-electron chi connectivity index (χ3n) is 2.69. The third kappa shape index (κ3) is 2.49. The van der Waals surface area contributed by atoms with Gasteiger partial charge in [-0.1, -0.05) is 31.2 Å². The molecular weight excluding hydrogens is 198 g/mol. The maximum absolute atomic E-state index is 5.52. The second-order valence-electron chi connectivity index (χ2n) is 3.91. The molecule has 0 amide bonds. The predicted octanol–water partition coefficient (Wildman–Crippen LogP) is 1.95. The van der Waals surface area contributed by atoms with Gasteiger partial charge in [0, 0.05) is 19.3 Å². The molecule has 1 heterocycles. The summed E-state index contributed by atoms with van der Waals surface area (Å²) in [5, 5.41) is 0. The van der Waals surface area contributed by atoms with Crippen LogP contribution in [0.2, 0.25) is 0 Å². The molecule has 0 aliphatic carbocycles. The average Bonchev–Trinajstić information content (AvgIpc) is 2.78. The van der Waals surface area contributed by atoms with E-state index >= 15 is 0 Å². The number of aryl methyl sites for hydroxylation is 1. The summed E-state index contributed by atoms with van der Waals surface area (Å²) in [6, 6.07) is 8.69. The van der Waals surface area contributed by atoms with E-state index in [0.717, 1.165) is 18.7 Å². The normalized spacial score (nSPS) is 10.6. The molecule has 0 atom stereocenters. The lowest BCUT2D eigenvalue weighted by atomic mass is 10.1. The lowest BCUT2D eigenvalue weighted by Crippen LogP contribution is -1.98. The van der Waals surface area contributed by atoms with Crippen molar-refractivity contribution in [3.05, 3.63) is 53.6 Å². The van der Waals surface area contributed by atoms with Crippen LogP contribution < -0.4 is 5.73 Å². The molecule has 2 rings (SSSR count). The largest absolute Gasteiger partial charge is 0.333 e. The lowest BCUT2D eigenvalue weighted by molar-refractivity contribution is 0.795.